The molecule has 0 saturated carbocycles. The topological polar surface area (TPSA) is 77.2 Å². The van der Waals surface area contributed by atoms with Gasteiger partial charge in [0.05, 0.1) is 18.1 Å². The highest BCUT2D eigenvalue weighted by atomic mass is 16.2. The van der Waals surface area contributed by atoms with Crippen molar-refractivity contribution in [2.75, 3.05) is 36.4 Å². The number of aromatic nitrogens is 3. The van der Waals surface area contributed by atoms with Gasteiger partial charge in [-0.25, -0.2) is 14.8 Å². The number of anilines is 2. The number of nitrogens with one attached hydrogen (secondary N) is 2. The number of piperazine rings is 1. The highest BCUT2D eigenvalue weighted by molar-refractivity contribution is 5.93. The maximum atomic E-state index is 12.3. The normalized spacial score (nSPS) is 14.8. The minimum Gasteiger partial charge on any atom is -0.367 e. The summed E-state index contributed by atoms with van der Waals surface area (Å²) in [5.41, 5.74) is 2.96. The summed E-state index contributed by atoms with van der Waals surface area (Å²) in [5, 5.41) is 4.05. The standard InChI is InChI=1S/C17H18N6O/c24-17(21-13-10-18-12-19-11-13)23-8-6-22(7-9-23)16-3-1-2-15-14(16)4-5-20-15/h1-5,10-12,20H,6-9H2,(H,21,24). The van der Waals surface area contributed by atoms with Crippen molar-refractivity contribution in [1.82, 2.24) is 19.9 Å². The van der Waals surface area contributed by atoms with E-state index in [2.05, 4.69) is 49.4 Å². The Kier molecular flexibility index (Phi) is 3.74. The third kappa shape index (κ3) is 2.76. The fourth-order valence-electron chi connectivity index (χ4n) is 3.06. The summed E-state index contributed by atoms with van der Waals surface area (Å²) >= 11 is 0. The first kappa shape index (κ1) is 14.5. The smallest absolute Gasteiger partial charge is 0.322 e. The van der Waals surface area contributed by atoms with Crippen LogP contribution in [-0.2, 0) is 0 Å². The molecule has 0 atom stereocenters. The maximum Gasteiger partial charge on any atom is 0.322 e. The fraction of sp³-hybridized carbons (Fsp3) is 0.235. The van der Waals surface area contributed by atoms with E-state index in [4.69, 9.17) is 0 Å². The Balaban J connectivity index is 1.41. The number of benzene rings is 1. The first-order chi connectivity index (χ1) is 11.8. The molecule has 1 aliphatic rings. The molecule has 4 rings (SSSR count). The monoisotopic (exact) mass is 322 g/mol. The molecular formula is C17H18N6O. The van der Waals surface area contributed by atoms with Crippen molar-refractivity contribution in [2.24, 2.45) is 0 Å². The van der Waals surface area contributed by atoms with Crippen LogP contribution in [0.4, 0.5) is 16.2 Å². The molecular weight excluding hydrogens is 304 g/mol. The molecule has 0 spiro atoms. The first-order valence-electron chi connectivity index (χ1n) is 7.93. The molecule has 122 valence electrons. The van der Waals surface area contributed by atoms with Crippen LogP contribution in [0.25, 0.3) is 10.9 Å². The molecule has 0 unspecified atom stereocenters. The lowest BCUT2D eigenvalue weighted by atomic mass is 10.2. The quantitative estimate of drug-likeness (QED) is 0.759. The van der Waals surface area contributed by atoms with Gasteiger partial charge < -0.3 is 20.1 Å². The van der Waals surface area contributed by atoms with Crippen LogP contribution in [0.3, 0.4) is 0 Å². The molecule has 1 aliphatic heterocycles. The lowest BCUT2D eigenvalue weighted by Crippen LogP contribution is -2.50. The molecule has 7 nitrogen and oxygen atoms in total. The predicted molar refractivity (Wildman–Crippen MR) is 93.1 cm³/mol. The SMILES string of the molecule is O=C(Nc1cncnc1)N1CCN(c2cccc3[nH]ccc23)CC1. The molecule has 1 saturated heterocycles. The number of hydrogen-bond donors (Lipinski definition) is 2. The van der Waals surface area contributed by atoms with Crippen molar-refractivity contribution in [3.05, 3.63) is 49.2 Å². The van der Waals surface area contributed by atoms with E-state index in [9.17, 15) is 4.79 Å². The summed E-state index contributed by atoms with van der Waals surface area (Å²) in [4.78, 5) is 27.5. The summed E-state index contributed by atoms with van der Waals surface area (Å²) < 4.78 is 0. The average molecular weight is 322 g/mol. The van der Waals surface area contributed by atoms with Crippen LogP contribution < -0.4 is 10.2 Å². The third-order valence-electron chi connectivity index (χ3n) is 4.29. The Labute approximate surface area is 139 Å². The number of aromatic amines is 1. The number of nitrogens with zero attached hydrogens (tertiary/aromatic N) is 4. The third-order valence-corrected chi connectivity index (χ3v) is 4.29. The zero-order chi connectivity index (χ0) is 16.4. The molecule has 2 aromatic heterocycles. The van der Waals surface area contributed by atoms with Gasteiger partial charge in [0.25, 0.3) is 0 Å². The largest absolute Gasteiger partial charge is 0.367 e. The molecule has 24 heavy (non-hydrogen) atoms. The van der Waals surface area contributed by atoms with E-state index >= 15 is 0 Å². The second-order valence-electron chi connectivity index (χ2n) is 5.75. The van der Waals surface area contributed by atoms with E-state index in [1.165, 1.54) is 17.4 Å². The molecule has 1 aromatic carbocycles. The van der Waals surface area contributed by atoms with E-state index < -0.39 is 0 Å². The summed E-state index contributed by atoms with van der Waals surface area (Å²) in [6.45, 7) is 2.98. The number of carbonyl (C=O) groups excluding carboxylic acids is 1. The number of hydrogen-bond acceptors (Lipinski definition) is 4. The Morgan fingerprint density at radius 2 is 1.88 bits per heavy atom. The number of urea groups is 1. The Bertz CT molecular complexity index is 838. The van der Waals surface area contributed by atoms with Crippen molar-refractivity contribution in [1.29, 1.82) is 0 Å². The van der Waals surface area contributed by atoms with Crippen molar-refractivity contribution < 1.29 is 4.79 Å². The Hall–Kier alpha value is -3.09. The van der Waals surface area contributed by atoms with E-state index in [1.807, 2.05) is 11.1 Å². The minimum absolute atomic E-state index is 0.107. The number of H-pyrrole nitrogens is 1. The fourth-order valence-corrected chi connectivity index (χ4v) is 3.06. The van der Waals surface area contributed by atoms with E-state index in [0.717, 1.165) is 18.6 Å². The van der Waals surface area contributed by atoms with E-state index in [1.54, 1.807) is 12.4 Å². The van der Waals surface area contributed by atoms with Gasteiger partial charge in [-0.15, -0.1) is 0 Å². The molecule has 2 amide bonds. The van der Waals surface area contributed by atoms with Crippen LogP contribution in [0.15, 0.2) is 49.2 Å². The van der Waals surface area contributed by atoms with Gasteiger partial charge in [-0.05, 0) is 18.2 Å². The number of fused-ring (bicyclic) bond motifs is 1. The molecule has 0 aliphatic carbocycles. The van der Waals surface area contributed by atoms with Gasteiger partial charge >= 0.3 is 6.03 Å². The van der Waals surface area contributed by atoms with E-state index in [0.29, 0.717) is 18.8 Å². The number of amides is 2. The number of carbonyl (C=O) groups is 1. The van der Waals surface area contributed by atoms with Gasteiger partial charge in [0.15, 0.2) is 0 Å². The summed E-state index contributed by atoms with van der Waals surface area (Å²) in [6.07, 6.45) is 6.58. The molecule has 2 N–H and O–H groups in total. The van der Waals surface area contributed by atoms with Crippen LogP contribution in [0.2, 0.25) is 0 Å². The summed E-state index contributed by atoms with van der Waals surface area (Å²) in [6, 6.07) is 8.25. The first-order valence-corrected chi connectivity index (χ1v) is 7.93. The van der Waals surface area contributed by atoms with Gasteiger partial charge in [-0.1, -0.05) is 6.07 Å². The second kappa shape index (κ2) is 6.19. The van der Waals surface area contributed by atoms with Gasteiger partial charge in [0.2, 0.25) is 0 Å². The van der Waals surface area contributed by atoms with E-state index in [-0.39, 0.29) is 6.03 Å². The molecule has 0 bridgehead atoms. The van der Waals surface area contributed by atoms with Crippen LogP contribution in [0.5, 0.6) is 0 Å². The minimum atomic E-state index is -0.107. The van der Waals surface area contributed by atoms with Gasteiger partial charge in [-0.2, -0.15) is 0 Å². The van der Waals surface area contributed by atoms with Crippen LogP contribution in [-0.4, -0.2) is 52.1 Å². The lowest BCUT2D eigenvalue weighted by Gasteiger charge is -2.36. The van der Waals surface area contributed by atoms with Crippen molar-refractivity contribution in [3.63, 3.8) is 0 Å². The summed E-state index contributed by atoms with van der Waals surface area (Å²) in [7, 11) is 0. The Morgan fingerprint density at radius 3 is 2.67 bits per heavy atom. The van der Waals surface area contributed by atoms with Crippen molar-refractivity contribution in [2.45, 2.75) is 0 Å². The zero-order valence-corrected chi connectivity index (χ0v) is 13.1. The summed E-state index contributed by atoms with van der Waals surface area (Å²) in [5.74, 6) is 0. The lowest BCUT2D eigenvalue weighted by molar-refractivity contribution is 0.208. The van der Waals surface area contributed by atoms with Crippen LogP contribution in [0.1, 0.15) is 0 Å². The molecule has 1 fully saturated rings. The highest BCUT2D eigenvalue weighted by Crippen LogP contribution is 2.27. The van der Waals surface area contributed by atoms with Crippen LogP contribution >= 0.6 is 0 Å². The zero-order valence-electron chi connectivity index (χ0n) is 13.1. The molecule has 7 heteroatoms. The molecule has 3 heterocycles. The average Bonchev–Trinajstić information content (AvgIpc) is 3.11. The van der Waals surface area contributed by atoms with Gasteiger partial charge in [0, 0.05) is 49.0 Å². The van der Waals surface area contributed by atoms with Crippen LogP contribution in [0, 0.1) is 0 Å². The molecule has 0 radical (unpaired) electrons. The van der Waals surface area contributed by atoms with Gasteiger partial charge in [0.1, 0.15) is 6.33 Å². The Morgan fingerprint density at radius 1 is 1.08 bits per heavy atom. The van der Waals surface area contributed by atoms with Gasteiger partial charge in [-0.3, -0.25) is 0 Å². The molecule has 3 aromatic rings. The number of rotatable bonds is 2. The maximum absolute atomic E-state index is 12.3. The second-order valence-corrected chi connectivity index (χ2v) is 5.75. The highest BCUT2D eigenvalue weighted by Gasteiger charge is 2.22. The van der Waals surface area contributed by atoms with Crippen molar-refractivity contribution >= 4 is 28.3 Å². The predicted octanol–water partition coefficient (Wildman–Crippen LogP) is 2.31. The van der Waals surface area contributed by atoms with Crippen molar-refractivity contribution in [3.8, 4) is 0 Å².